The Labute approximate surface area is 195 Å². The molecule has 0 saturated heterocycles. The van der Waals surface area contributed by atoms with E-state index in [2.05, 4.69) is 20.6 Å². The molecule has 28 heavy (non-hydrogen) atoms. The van der Waals surface area contributed by atoms with Crippen LogP contribution in [0.25, 0.3) is 10.6 Å². The molecule has 8 heteroatoms. The van der Waals surface area contributed by atoms with Crippen LogP contribution in [-0.2, 0) is 43.6 Å². The first kappa shape index (κ1) is 35.0. The molecule has 0 N–H and O–H groups in total. The average molecular weight is 498 g/mol. The van der Waals surface area contributed by atoms with Crippen molar-refractivity contribution in [2.45, 2.75) is 119 Å². The zero-order chi connectivity index (χ0) is 20.9. The first-order valence-electron chi connectivity index (χ1n) is 9.74. The predicted molar refractivity (Wildman–Crippen MR) is 115 cm³/mol. The first-order chi connectivity index (χ1) is 11.8. The Morgan fingerprint density at radius 1 is 0.536 bits per heavy atom. The first-order valence-corrected chi connectivity index (χ1v) is 9.74. The maximum absolute atomic E-state index is 5.46. The van der Waals surface area contributed by atoms with Crippen LogP contribution < -0.4 is 0 Å². The molecule has 0 heterocycles. The van der Waals surface area contributed by atoms with E-state index < -0.39 is 0 Å². The van der Waals surface area contributed by atoms with E-state index in [1.165, 1.54) is 0 Å². The van der Waals surface area contributed by atoms with Crippen LogP contribution in [0.5, 0.6) is 0 Å². The van der Waals surface area contributed by atoms with Crippen LogP contribution in [0.4, 0.5) is 0 Å². The molecule has 6 nitrogen and oxygen atoms in total. The average Bonchev–Trinajstić information content (AvgIpc) is 2.33. The smallest absolute Gasteiger partial charge is 0.499 e. The molecular formula is C20H42Cu2N4O2. The summed E-state index contributed by atoms with van der Waals surface area (Å²) in [5.74, 6) is 0. The van der Waals surface area contributed by atoms with Gasteiger partial charge in [-0.3, -0.25) is 0 Å². The minimum Gasteiger partial charge on any atom is -0.499 e. The molecule has 0 bridgehead atoms. The van der Waals surface area contributed by atoms with Gasteiger partial charge in [-0.15, -0.1) is 0 Å². The van der Waals surface area contributed by atoms with E-state index in [0.29, 0.717) is 12.0 Å². The van der Waals surface area contributed by atoms with Crippen LogP contribution in [-0.4, -0.2) is 48.4 Å². The van der Waals surface area contributed by atoms with Crippen LogP contribution in [0.3, 0.4) is 0 Å². The Morgan fingerprint density at radius 2 is 0.786 bits per heavy atom. The summed E-state index contributed by atoms with van der Waals surface area (Å²) in [4.78, 5) is 8.57. The van der Waals surface area contributed by atoms with Gasteiger partial charge in [0.15, 0.2) is 0 Å². The van der Waals surface area contributed by atoms with Crippen molar-refractivity contribution in [3.63, 3.8) is 0 Å². The molecule has 0 saturated carbocycles. The number of amidine groups is 2. The molecule has 0 aromatic carbocycles. The minimum absolute atomic E-state index is 0. The molecule has 0 aliphatic rings. The molecule has 0 aliphatic carbocycles. The fraction of sp³-hybridized carbons (Fsp3) is 0.900. The molecule has 176 valence electrons. The van der Waals surface area contributed by atoms with Crippen LogP contribution in [0.2, 0.25) is 0 Å². The standard InChI is InChI=1S/2C10H21N2O.2Cu/c2*1-7(2)11-10(12-8(3)4)13-9(5)6;;/h2*7-9H,1-6H3;;/q2*-1;2*+1. The minimum atomic E-state index is 0. The van der Waals surface area contributed by atoms with Crippen LogP contribution in [0.15, 0.2) is 9.98 Å². The zero-order valence-corrected chi connectivity index (χ0v) is 21.6. The second-order valence-corrected chi connectivity index (χ2v) is 7.79. The van der Waals surface area contributed by atoms with Crippen molar-refractivity contribution in [2.75, 3.05) is 0 Å². The van der Waals surface area contributed by atoms with Gasteiger partial charge in [0.05, 0.1) is 24.3 Å². The van der Waals surface area contributed by atoms with Crippen LogP contribution in [0, 0.1) is 0 Å². The Morgan fingerprint density at radius 3 is 0.929 bits per heavy atom. The van der Waals surface area contributed by atoms with E-state index in [1.54, 1.807) is 0 Å². The third-order valence-electron chi connectivity index (χ3n) is 2.16. The summed E-state index contributed by atoms with van der Waals surface area (Å²) in [6.07, 6.45) is 0.278. The third kappa shape index (κ3) is 27.8. The summed E-state index contributed by atoms with van der Waals surface area (Å²) in [5, 5.41) is 8.57. The summed E-state index contributed by atoms with van der Waals surface area (Å²) in [5.41, 5.74) is 0. The van der Waals surface area contributed by atoms with E-state index in [0.717, 1.165) is 0 Å². The number of ether oxygens (including phenoxy) is 2. The fourth-order valence-electron chi connectivity index (χ4n) is 1.49. The number of nitrogens with zero attached hydrogens (tertiary/aromatic N) is 4. The van der Waals surface area contributed by atoms with E-state index in [9.17, 15) is 0 Å². The molecule has 0 amide bonds. The summed E-state index contributed by atoms with van der Waals surface area (Å²) in [7, 11) is 0. The Kier molecular flexibility index (Phi) is 24.9. The van der Waals surface area contributed by atoms with E-state index in [4.69, 9.17) is 9.47 Å². The molecule has 0 unspecified atom stereocenters. The molecule has 0 fully saturated rings. The molecule has 0 aromatic heterocycles. The molecule has 0 atom stereocenters. The Balaban J connectivity index is -0.000000192. The summed E-state index contributed by atoms with van der Waals surface area (Å²) in [6, 6.07) is 1.99. The van der Waals surface area contributed by atoms with Crippen molar-refractivity contribution < 1.29 is 43.6 Å². The van der Waals surface area contributed by atoms with Gasteiger partial charge >= 0.3 is 34.1 Å². The summed E-state index contributed by atoms with van der Waals surface area (Å²) >= 11 is 0. The molecule has 0 radical (unpaired) electrons. The van der Waals surface area contributed by atoms with Gasteiger partial charge < -0.3 is 30.1 Å². The number of aliphatic imine (C=N–C) groups is 2. The van der Waals surface area contributed by atoms with Gasteiger partial charge in [0.25, 0.3) is 0 Å². The molecule has 0 aromatic rings. The van der Waals surface area contributed by atoms with Gasteiger partial charge in [0.2, 0.25) is 0 Å². The largest absolute Gasteiger partial charge is 1.00 e. The van der Waals surface area contributed by atoms with Crippen molar-refractivity contribution in [3.05, 3.63) is 10.6 Å². The SMILES string of the molecule is CC(C)N=C([N-]C(C)C)OC(C)C.CC(C)N=C([N-]C(C)C)OC(C)C.[Cu+].[Cu+]. The van der Waals surface area contributed by atoms with E-state index in [-0.39, 0.29) is 70.5 Å². The number of hydrogen-bond acceptors (Lipinski definition) is 4. The zero-order valence-electron chi connectivity index (χ0n) is 19.7. The summed E-state index contributed by atoms with van der Waals surface area (Å²) in [6.45, 7) is 24.0. The molecular weight excluding hydrogens is 455 g/mol. The predicted octanol–water partition coefficient (Wildman–Crippen LogP) is 5.91. The molecule has 0 spiro atoms. The second-order valence-electron chi connectivity index (χ2n) is 7.79. The van der Waals surface area contributed by atoms with Gasteiger partial charge in [-0.25, -0.2) is 0 Å². The second kappa shape index (κ2) is 19.9. The Bertz CT molecular complexity index is 349. The topological polar surface area (TPSA) is 71.4 Å². The van der Waals surface area contributed by atoms with E-state index in [1.807, 2.05) is 83.1 Å². The molecule has 0 rings (SSSR count). The van der Waals surface area contributed by atoms with Gasteiger partial charge in [0, 0.05) is 0 Å². The van der Waals surface area contributed by atoms with Gasteiger partial charge in [-0.05, 0) is 51.9 Å². The van der Waals surface area contributed by atoms with Crippen LogP contribution in [0.1, 0.15) is 83.1 Å². The Hall–Kier alpha value is -0.421. The fourth-order valence-corrected chi connectivity index (χ4v) is 1.49. The van der Waals surface area contributed by atoms with Crippen molar-refractivity contribution >= 4 is 12.0 Å². The quantitative estimate of drug-likeness (QED) is 0.260. The van der Waals surface area contributed by atoms with Gasteiger partial charge in [-0.1, -0.05) is 55.4 Å². The maximum Gasteiger partial charge on any atom is 1.00 e. The van der Waals surface area contributed by atoms with E-state index >= 15 is 0 Å². The summed E-state index contributed by atoms with van der Waals surface area (Å²) < 4.78 is 10.9. The monoisotopic (exact) mass is 496 g/mol. The van der Waals surface area contributed by atoms with Crippen molar-refractivity contribution in [2.24, 2.45) is 9.98 Å². The van der Waals surface area contributed by atoms with Gasteiger partial charge in [0.1, 0.15) is 0 Å². The normalized spacial score (nSPS) is 11.9. The third-order valence-corrected chi connectivity index (χ3v) is 2.16. The molecule has 0 aliphatic heterocycles. The van der Waals surface area contributed by atoms with Gasteiger partial charge in [-0.2, -0.15) is 0 Å². The van der Waals surface area contributed by atoms with Crippen LogP contribution >= 0.6 is 0 Å². The van der Waals surface area contributed by atoms with Crippen molar-refractivity contribution in [1.29, 1.82) is 0 Å². The van der Waals surface area contributed by atoms with Crippen molar-refractivity contribution in [3.8, 4) is 0 Å². The number of hydrogen-bond donors (Lipinski definition) is 0. The maximum atomic E-state index is 5.46. The number of rotatable bonds is 6. The van der Waals surface area contributed by atoms with Crippen molar-refractivity contribution in [1.82, 2.24) is 0 Å².